The first-order valence-electron chi connectivity index (χ1n) is 8.76. The van der Waals surface area contributed by atoms with Gasteiger partial charge in [-0.1, -0.05) is 20.3 Å². The molecule has 3 nitrogen and oxygen atoms in total. The lowest BCUT2D eigenvalue weighted by atomic mass is 9.98. The Morgan fingerprint density at radius 2 is 2.14 bits per heavy atom. The summed E-state index contributed by atoms with van der Waals surface area (Å²) in [4.78, 5) is 2.55. The second kappa shape index (κ2) is 6.53. The molecule has 1 saturated carbocycles. The molecule has 1 aromatic rings. The molecule has 4 atom stereocenters. The predicted molar refractivity (Wildman–Crippen MR) is 86.2 cm³/mol. The summed E-state index contributed by atoms with van der Waals surface area (Å²) in [6, 6.07) is 4.61. The molecule has 0 aromatic carbocycles. The van der Waals surface area contributed by atoms with E-state index in [0.29, 0.717) is 12.5 Å². The van der Waals surface area contributed by atoms with E-state index in [2.05, 4.69) is 30.9 Å². The SMILES string of the molecule is CCC1CCCN(C(CN)c2ccc(C3CC3C)o2)CC1. The van der Waals surface area contributed by atoms with Crippen LogP contribution in [0.3, 0.4) is 0 Å². The van der Waals surface area contributed by atoms with Gasteiger partial charge in [0, 0.05) is 12.5 Å². The molecule has 0 radical (unpaired) electrons. The number of rotatable bonds is 5. The van der Waals surface area contributed by atoms with Crippen molar-refractivity contribution in [2.24, 2.45) is 17.6 Å². The van der Waals surface area contributed by atoms with Crippen molar-refractivity contribution in [2.45, 2.75) is 57.9 Å². The Hall–Kier alpha value is -0.800. The number of nitrogens with two attached hydrogens (primary N) is 1. The molecule has 21 heavy (non-hydrogen) atoms. The first-order chi connectivity index (χ1) is 10.2. The average molecular weight is 290 g/mol. The molecule has 4 unspecified atom stereocenters. The van der Waals surface area contributed by atoms with Crippen LogP contribution in [-0.4, -0.2) is 24.5 Å². The van der Waals surface area contributed by atoms with Gasteiger partial charge in [-0.25, -0.2) is 0 Å². The number of nitrogens with zero attached hydrogens (tertiary/aromatic N) is 1. The third-order valence-corrected chi connectivity index (χ3v) is 5.57. The van der Waals surface area contributed by atoms with Gasteiger partial charge in [-0.3, -0.25) is 4.90 Å². The number of furan rings is 1. The van der Waals surface area contributed by atoms with Gasteiger partial charge in [0.2, 0.25) is 0 Å². The summed E-state index contributed by atoms with van der Waals surface area (Å²) in [5.74, 6) is 4.61. The van der Waals surface area contributed by atoms with Crippen LogP contribution in [0.4, 0.5) is 0 Å². The highest BCUT2D eigenvalue weighted by Crippen LogP contribution is 2.47. The Balaban J connectivity index is 1.67. The number of likely N-dealkylation sites (tertiary alicyclic amines) is 1. The van der Waals surface area contributed by atoms with Gasteiger partial charge in [0.1, 0.15) is 11.5 Å². The second-order valence-corrected chi connectivity index (χ2v) is 7.05. The molecular formula is C18H30N2O. The fourth-order valence-corrected chi connectivity index (χ4v) is 3.82. The highest BCUT2D eigenvalue weighted by Gasteiger charge is 2.37. The minimum Gasteiger partial charge on any atom is -0.464 e. The third-order valence-electron chi connectivity index (χ3n) is 5.57. The van der Waals surface area contributed by atoms with Crippen LogP contribution in [0.2, 0.25) is 0 Å². The van der Waals surface area contributed by atoms with Crippen molar-refractivity contribution in [3.63, 3.8) is 0 Å². The number of hydrogen-bond acceptors (Lipinski definition) is 3. The van der Waals surface area contributed by atoms with Crippen LogP contribution in [0.5, 0.6) is 0 Å². The van der Waals surface area contributed by atoms with Crippen LogP contribution in [0.1, 0.15) is 69.4 Å². The van der Waals surface area contributed by atoms with Crippen LogP contribution in [-0.2, 0) is 0 Å². The van der Waals surface area contributed by atoms with Crippen molar-refractivity contribution in [1.82, 2.24) is 4.90 Å². The van der Waals surface area contributed by atoms with Crippen molar-refractivity contribution in [2.75, 3.05) is 19.6 Å². The summed E-state index contributed by atoms with van der Waals surface area (Å²) in [5, 5.41) is 0. The fraction of sp³-hybridized carbons (Fsp3) is 0.778. The molecule has 0 amide bonds. The number of hydrogen-bond donors (Lipinski definition) is 1. The molecule has 2 fully saturated rings. The Kier molecular flexibility index (Phi) is 4.70. The molecule has 118 valence electrons. The Bertz CT molecular complexity index is 456. The van der Waals surface area contributed by atoms with Gasteiger partial charge in [-0.2, -0.15) is 0 Å². The van der Waals surface area contributed by atoms with Gasteiger partial charge in [0.05, 0.1) is 6.04 Å². The quantitative estimate of drug-likeness (QED) is 0.894. The van der Waals surface area contributed by atoms with Gasteiger partial charge in [0.15, 0.2) is 0 Å². The average Bonchev–Trinajstić information content (AvgIpc) is 3.11. The van der Waals surface area contributed by atoms with Crippen molar-refractivity contribution < 1.29 is 4.42 Å². The van der Waals surface area contributed by atoms with Crippen molar-refractivity contribution in [3.8, 4) is 0 Å². The summed E-state index contributed by atoms with van der Waals surface area (Å²) in [7, 11) is 0. The summed E-state index contributed by atoms with van der Waals surface area (Å²) in [5.41, 5.74) is 6.08. The topological polar surface area (TPSA) is 42.4 Å². The zero-order valence-electron chi connectivity index (χ0n) is 13.6. The van der Waals surface area contributed by atoms with E-state index in [1.165, 1.54) is 37.9 Å². The van der Waals surface area contributed by atoms with Crippen LogP contribution >= 0.6 is 0 Å². The standard InChI is InChI=1S/C18H30N2O/c1-3-14-5-4-9-20(10-8-14)16(12-19)18-7-6-17(21-18)15-11-13(15)2/h6-7,13-16H,3-5,8-12,19H2,1-2H3. The Morgan fingerprint density at radius 3 is 2.81 bits per heavy atom. The molecule has 1 aromatic heterocycles. The Labute approximate surface area is 128 Å². The lowest BCUT2D eigenvalue weighted by molar-refractivity contribution is 0.181. The largest absolute Gasteiger partial charge is 0.464 e. The van der Waals surface area contributed by atoms with Gasteiger partial charge in [0.25, 0.3) is 0 Å². The first-order valence-corrected chi connectivity index (χ1v) is 8.76. The van der Waals surface area contributed by atoms with Crippen LogP contribution in [0, 0.1) is 11.8 Å². The normalized spacial score (nSPS) is 31.9. The predicted octanol–water partition coefficient (Wildman–Crippen LogP) is 3.91. The highest BCUT2D eigenvalue weighted by molar-refractivity contribution is 5.19. The van der Waals surface area contributed by atoms with Crippen LogP contribution < -0.4 is 5.73 Å². The van der Waals surface area contributed by atoms with Crippen molar-refractivity contribution in [1.29, 1.82) is 0 Å². The van der Waals surface area contributed by atoms with Gasteiger partial charge < -0.3 is 10.2 Å². The smallest absolute Gasteiger partial charge is 0.122 e. The molecule has 3 heteroatoms. The Morgan fingerprint density at radius 1 is 1.33 bits per heavy atom. The summed E-state index contributed by atoms with van der Waals surface area (Å²) in [6.07, 6.45) is 6.56. The molecule has 2 aliphatic rings. The first kappa shape index (κ1) is 15.1. The molecule has 0 bridgehead atoms. The minimum absolute atomic E-state index is 0.267. The van der Waals surface area contributed by atoms with Gasteiger partial charge in [-0.05, 0) is 62.7 Å². The molecule has 0 spiro atoms. The molecule has 1 aliphatic carbocycles. The van der Waals surface area contributed by atoms with Gasteiger partial charge >= 0.3 is 0 Å². The highest BCUT2D eigenvalue weighted by atomic mass is 16.3. The summed E-state index contributed by atoms with van der Waals surface area (Å²) >= 11 is 0. The maximum Gasteiger partial charge on any atom is 0.122 e. The molecule has 2 heterocycles. The van der Waals surface area contributed by atoms with Crippen LogP contribution in [0.15, 0.2) is 16.5 Å². The van der Waals surface area contributed by atoms with E-state index in [9.17, 15) is 0 Å². The van der Waals surface area contributed by atoms with E-state index in [-0.39, 0.29) is 6.04 Å². The summed E-state index contributed by atoms with van der Waals surface area (Å²) in [6.45, 7) is 7.59. The van der Waals surface area contributed by atoms with E-state index in [4.69, 9.17) is 10.2 Å². The maximum absolute atomic E-state index is 6.16. The van der Waals surface area contributed by atoms with E-state index >= 15 is 0 Å². The molecule has 2 N–H and O–H groups in total. The fourth-order valence-electron chi connectivity index (χ4n) is 3.82. The zero-order valence-corrected chi connectivity index (χ0v) is 13.6. The van der Waals surface area contributed by atoms with Crippen molar-refractivity contribution >= 4 is 0 Å². The molecular weight excluding hydrogens is 260 g/mol. The molecule has 1 aliphatic heterocycles. The lowest BCUT2D eigenvalue weighted by Gasteiger charge is -2.28. The maximum atomic E-state index is 6.16. The minimum atomic E-state index is 0.267. The molecule has 3 rings (SSSR count). The van der Waals surface area contributed by atoms with E-state index in [0.717, 1.165) is 30.7 Å². The summed E-state index contributed by atoms with van der Waals surface area (Å²) < 4.78 is 6.16. The monoisotopic (exact) mass is 290 g/mol. The zero-order chi connectivity index (χ0) is 14.8. The second-order valence-electron chi connectivity index (χ2n) is 7.05. The van der Waals surface area contributed by atoms with E-state index in [1.54, 1.807) is 0 Å². The van der Waals surface area contributed by atoms with E-state index < -0.39 is 0 Å². The van der Waals surface area contributed by atoms with E-state index in [1.807, 2.05) is 0 Å². The lowest BCUT2D eigenvalue weighted by Crippen LogP contribution is -2.34. The molecule has 1 saturated heterocycles. The van der Waals surface area contributed by atoms with Crippen LogP contribution in [0.25, 0.3) is 0 Å². The van der Waals surface area contributed by atoms with Gasteiger partial charge in [-0.15, -0.1) is 0 Å². The third kappa shape index (κ3) is 3.35. The van der Waals surface area contributed by atoms with Crippen molar-refractivity contribution in [3.05, 3.63) is 23.7 Å².